The number of para-hydroxylation sites is 1. The maximum atomic E-state index is 14.7. The molecular formula is C28H24ClF4N3O3. The van der Waals surface area contributed by atoms with Crippen LogP contribution in [0.1, 0.15) is 59.3 Å². The van der Waals surface area contributed by atoms with Crippen molar-refractivity contribution < 1.29 is 32.3 Å². The summed E-state index contributed by atoms with van der Waals surface area (Å²) in [6.07, 6.45) is 0.422. The van der Waals surface area contributed by atoms with Gasteiger partial charge in [0.1, 0.15) is 17.3 Å². The molecule has 39 heavy (non-hydrogen) atoms. The number of amides is 2. The first-order valence-electron chi connectivity index (χ1n) is 12.4. The fourth-order valence-corrected chi connectivity index (χ4v) is 5.63. The molecule has 2 aromatic carbocycles. The molecule has 6 nitrogen and oxygen atoms in total. The lowest BCUT2D eigenvalue weighted by Gasteiger charge is -2.32. The number of carbonyl (C=O) groups excluding carboxylic acids is 2. The first-order valence-corrected chi connectivity index (χ1v) is 12.8. The van der Waals surface area contributed by atoms with Crippen LogP contribution in [0.25, 0.3) is 0 Å². The first-order chi connectivity index (χ1) is 18.6. The topological polar surface area (TPSA) is 82.5 Å². The second-order valence-corrected chi connectivity index (χ2v) is 10.3. The second-order valence-electron chi connectivity index (χ2n) is 9.85. The fraction of sp³-hybridized carbons (Fsp3) is 0.321. The van der Waals surface area contributed by atoms with Gasteiger partial charge in [0.15, 0.2) is 5.60 Å². The third-order valence-corrected chi connectivity index (χ3v) is 7.63. The number of hydrogen-bond acceptors (Lipinski definition) is 4. The zero-order valence-electron chi connectivity index (χ0n) is 20.5. The summed E-state index contributed by atoms with van der Waals surface area (Å²) >= 11 is 5.86. The molecule has 0 bridgehead atoms. The first kappa shape index (κ1) is 27.1. The van der Waals surface area contributed by atoms with Crippen LogP contribution < -0.4 is 10.2 Å². The van der Waals surface area contributed by atoms with Crippen LogP contribution in [-0.2, 0) is 10.4 Å². The van der Waals surface area contributed by atoms with Crippen molar-refractivity contribution >= 4 is 29.1 Å². The number of aromatic nitrogens is 1. The van der Waals surface area contributed by atoms with E-state index in [0.717, 1.165) is 18.3 Å². The molecule has 5 rings (SSSR count). The smallest absolute Gasteiger partial charge is 0.281 e. The molecule has 1 fully saturated rings. The van der Waals surface area contributed by atoms with E-state index in [4.69, 9.17) is 11.6 Å². The molecular weight excluding hydrogens is 538 g/mol. The van der Waals surface area contributed by atoms with Gasteiger partial charge in [0.05, 0.1) is 16.3 Å². The van der Waals surface area contributed by atoms with Crippen molar-refractivity contribution in [2.45, 2.75) is 43.8 Å². The van der Waals surface area contributed by atoms with Crippen molar-refractivity contribution in [3.05, 3.63) is 93.8 Å². The number of benzene rings is 2. The van der Waals surface area contributed by atoms with E-state index in [1.54, 1.807) is 24.3 Å². The van der Waals surface area contributed by atoms with E-state index >= 15 is 0 Å². The molecule has 1 saturated carbocycles. The zero-order chi connectivity index (χ0) is 27.9. The molecule has 0 saturated heterocycles. The van der Waals surface area contributed by atoms with Gasteiger partial charge in [-0.3, -0.25) is 14.6 Å². The lowest BCUT2D eigenvalue weighted by Crippen LogP contribution is -2.45. The quantitative estimate of drug-likeness (QED) is 0.388. The van der Waals surface area contributed by atoms with E-state index in [9.17, 15) is 32.3 Å². The molecule has 0 spiro atoms. The summed E-state index contributed by atoms with van der Waals surface area (Å²) in [5, 5.41) is 14.4. The van der Waals surface area contributed by atoms with Gasteiger partial charge < -0.3 is 15.3 Å². The van der Waals surface area contributed by atoms with Crippen molar-refractivity contribution in [1.29, 1.82) is 0 Å². The Kier molecular flexibility index (Phi) is 7.35. The zero-order valence-corrected chi connectivity index (χ0v) is 21.3. The molecule has 11 heteroatoms. The molecule has 204 valence electrons. The lowest BCUT2D eigenvalue weighted by molar-refractivity contribution is -0.132. The van der Waals surface area contributed by atoms with Crippen LogP contribution in [0.15, 0.2) is 54.7 Å². The normalized spacial score (nSPS) is 22.7. The highest BCUT2D eigenvalue weighted by molar-refractivity contribution is 6.30. The number of hydrogen-bond donors (Lipinski definition) is 2. The van der Waals surface area contributed by atoms with E-state index in [-0.39, 0.29) is 40.2 Å². The van der Waals surface area contributed by atoms with Crippen LogP contribution in [0.4, 0.5) is 23.2 Å². The molecule has 3 aromatic rings. The summed E-state index contributed by atoms with van der Waals surface area (Å²) in [5.74, 6) is -3.25. The molecule has 1 aliphatic carbocycles. The second kappa shape index (κ2) is 10.6. The average Bonchev–Trinajstić information content (AvgIpc) is 3.12. The van der Waals surface area contributed by atoms with E-state index in [1.165, 1.54) is 11.0 Å². The Bertz CT molecular complexity index is 1430. The van der Waals surface area contributed by atoms with Gasteiger partial charge in [0.25, 0.3) is 18.2 Å². The predicted molar refractivity (Wildman–Crippen MR) is 136 cm³/mol. The predicted octanol–water partition coefficient (Wildman–Crippen LogP) is 5.52. The van der Waals surface area contributed by atoms with Crippen LogP contribution in [0.2, 0.25) is 5.02 Å². The van der Waals surface area contributed by atoms with Gasteiger partial charge in [0, 0.05) is 36.0 Å². The summed E-state index contributed by atoms with van der Waals surface area (Å²) in [5.41, 5.74) is -2.88. The molecule has 2 N–H and O–H groups in total. The average molecular weight is 562 g/mol. The number of nitrogens with zero attached hydrogens (tertiary/aromatic N) is 2. The molecule has 1 atom stereocenters. The standard InChI is InChI=1S/C28H24ClF4N3O3/c29-16-11-19(24(25(32)33)34-13-16)26(37)35-18-8-5-15(6-9-18)14-36-23-4-2-1-3-21(23)28(39,27(36)38)20-10-7-17(30)12-22(20)31/h1-4,7,10-13,15,18,25,39H,5-6,8-9,14H2,(H,35,37)/t15-,18-,28?. The number of anilines is 1. The Hall–Kier alpha value is -3.50. The SMILES string of the molecule is O=C(N[C@H]1CC[C@H](CN2C(=O)C(O)(c3ccc(F)cc3F)c3ccccc32)CC1)c1cc(Cl)cnc1C(F)F. The Balaban J connectivity index is 1.28. The number of carbonyl (C=O) groups is 2. The molecule has 1 aliphatic heterocycles. The van der Waals surface area contributed by atoms with Gasteiger partial charge in [-0.2, -0.15) is 0 Å². The minimum Gasteiger partial charge on any atom is -0.372 e. The highest BCUT2D eigenvalue weighted by Crippen LogP contribution is 2.46. The number of halogens is 5. The fourth-order valence-electron chi connectivity index (χ4n) is 5.48. The van der Waals surface area contributed by atoms with Crippen LogP contribution in [0.3, 0.4) is 0 Å². The number of aliphatic hydroxyl groups is 1. The van der Waals surface area contributed by atoms with Gasteiger partial charge in [-0.15, -0.1) is 0 Å². The minimum absolute atomic E-state index is 0.0000318. The van der Waals surface area contributed by atoms with Crippen molar-refractivity contribution in [3.63, 3.8) is 0 Å². The molecule has 0 radical (unpaired) electrons. The van der Waals surface area contributed by atoms with E-state index in [1.807, 2.05) is 0 Å². The van der Waals surface area contributed by atoms with E-state index in [2.05, 4.69) is 10.3 Å². The molecule has 1 unspecified atom stereocenters. The summed E-state index contributed by atoms with van der Waals surface area (Å²) in [6.45, 7) is 0.245. The van der Waals surface area contributed by atoms with Gasteiger partial charge in [-0.1, -0.05) is 29.8 Å². The van der Waals surface area contributed by atoms with Crippen molar-refractivity contribution in [3.8, 4) is 0 Å². The van der Waals surface area contributed by atoms with Gasteiger partial charge in [0.2, 0.25) is 0 Å². The Labute approximate surface area is 226 Å². The number of alkyl halides is 2. The Morgan fingerprint density at radius 2 is 1.82 bits per heavy atom. The molecule has 2 amide bonds. The summed E-state index contributed by atoms with van der Waals surface area (Å²) in [4.78, 5) is 31.3. The van der Waals surface area contributed by atoms with Crippen molar-refractivity contribution in [2.24, 2.45) is 5.92 Å². The number of fused-ring (bicyclic) bond motifs is 1. The third-order valence-electron chi connectivity index (χ3n) is 7.42. The molecule has 2 aliphatic rings. The Morgan fingerprint density at radius 1 is 1.10 bits per heavy atom. The highest BCUT2D eigenvalue weighted by atomic mass is 35.5. The summed E-state index contributed by atoms with van der Waals surface area (Å²) < 4.78 is 54.9. The van der Waals surface area contributed by atoms with Crippen LogP contribution >= 0.6 is 11.6 Å². The highest BCUT2D eigenvalue weighted by Gasteiger charge is 2.52. The monoisotopic (exact) mass is 561 g/mol. The van der Waals surface area contributed by atoms with Gasteiger partial charge >= 0.3 is 0 Å². The maximum Gasteiger partial charge on any atom is 0.281 e. The minimum atomic E-state index is -2.93. The summed E-state index contributed by atoms with van der Waals surface area (Å²) in [6, 6.07) is 10.1. The van der Waals surface area contributed by atoms with E-state index < -0.39 is 41.2 Å². The van der Waals surface area contributed by atoms with Gasteiger partial charge in [-0.25, -0.2) is 17.6 Å². The lowest BCUT2D eigenvalue weighted by atomic mass is 9.85. The molecule has 1 aromatic heterocycles. The van der Waals surface area contributed by atoms with Crippen molar-refractivity contribution in [2.75, 3.05) is 11.4 Å². The maximum absolute atomic E-state index is 14.7. The van der Waals surface area contributed by atoms with Crippen LogP contribution in [0, 0.1) is 17.6 Å². The molecule has 2 heterocycles. The van der Waals surface area contributed by atoms with E-state index in [0.29, 0.717) is 37.4 Å². The van der Waals surface area contributed by atoms with Crippen molar-refractivity contribution in [1.82, 2.24) is 10.3 Å². The van der Waals surface area contributed by atoms with Crippen LogP contribution in [-0.4, -0.2) is 34.5 Å². The van der Waals surface area contributed by atoms with Gasteiger partial charge in [-0.05, 0) is 55.9 Å². The van der Waals surface area contributed by atoms with Crippen LogP contribution in [0.5, 0.6) is 0 Å². The number of pyridine rings is 1. The third kappa shape index (κ3) is 4.98. The Morgan fingerprint density at radius 3 is 2.51 bits per heavy atom. The summed E-state index contributed by atoms with van der Waals surface area (Å²) in [7, 11) is 0. The number of nitrogens with one attached hydrogen (secondary N) is 1. The number of rotatable bonds is 6. The largest absolute Gasteiger partial charge is 0.372 e.